The predicted molar refractivity (Wildman–Crippen MR) is 92.5 cm³/mol. The molecule has 124 valence electrons. The van der Waals surface area contributed by atoms with Crippen molar-refractivity contribution in [1.29, 1.82) is 0 Å². The SMILES string of the molecule is Cc1[nH]cnc1CN(CCN(C)C)C(=O)Cc1ccc(Cl)cc1. The first kappa shape index (κ1) is 17.5. The van der Waals surface area contributed by atoms with E-state index >= 15 is 0 Å². The normalized spacial score (nSPS) is 11.0. The standard InChI is InChI=1S/C17H23ClN4O/c1-13-16(20-12-19-13)11-22(9-8-21(2)3)17(23)10-14-4-6-15(18)7-5-14/h4-7,12H,8-11H2,1-3H3,(H,19,20). The van der Waals surface area contributed by atoms with Crippen LogP contribution in [0.15, 0.2) is 30.6 Å². The van der Waals surface area contributed by atoms with Crippen LogP contribution in [0.1, 0.15) is 17.0 Å². The van der Waals surface area contributed by atoms with E-state index in [0.29, 0.717) is 24.5 Å². The molecule has 0 bridgehead atoms. The van der Waals surface area contributed by atoms with E-state index in [1.165, 1.54) is 0 Å². The largest absolute Gasteiger partial charge is 0.348 e. The molecule has 2 aromatic rings. The van der Waals surface area contributed by atoms with Gasteiger partial charge in [0.05, 0.1) is 25.0 Å². The van der Waals surface area contributed by atoms with Crippen molar-refractivity contribution in [2.45, 2.75) is 19.9 Å². The van der Waals surface area contributed by atoms with Crippen molar-refractivity contribution in [1.82, 2.24) is 19.8 Å². The molecular weight excluding hydrogens is 312 g/mol. The Hall–Kier alpha value is -1.85. The van der Waals surface area contributed by atoms with Crippen LogP contribution in [0.3, 0.4) is 0 Å². The third kappa shape index (κ3) is 5.37. The van der Waals surface area contributed by atoms with Gasteiger partial charge in [-0.1, -0.05) is 23.7 Å². The molecule has 6 heteroatoms. The van der Waals surface area contributed by atoms with Gasteiger partial charge in [0.25, 0.3) is 0 Å². The minimum atomic E-state index is 0.0940. The molecule has 1 N–H and O–H groups in total. The minimum Gasteiger partial charge on any atom is -0.348 e. The van der Waals surface area contributed by atoms with Crippen molar-refractivity contribution in [2.75, 3.05) is 27.2 Å². The van der Waals surface area contributed by atoms with Crippen molar-refractivity contribution < 1.29 is 4.79 Å². The summed E-state index contributed by atoms with van der Waals surface area (Å²) < 4.78 is 0. The number of aromatic nitrogens is 2. The Kier molecular flexibility index (Phi) is 6.19. The zero-order chi connectivity index (χ0) is 16.8. The number of imidazole rings is 1. The summed E-state index contributed by atoms with van der Waals surface area (Å²) in [6.45, 7) is 3.98. The fraction of sp³-hybridized carbons (Fsp3) is 0.412. The van der Waals surface area contributed by atoms with E-state index in [1.54, 1.807) is 6.33 Å². The first-order valence-corrected chi connectivity index (χ1v) is 7.99. The first-order valence-electron chi connectivity index (χ1n) is 7.61. The number of aryl methyl sites for hydroxylation is 1. The van der Waals surface area contributed by atoms with Crippen molar-refractivity contribution >= 4 is 17.5 Å². The second-order valence-corrected chi connectivity index (χ2v) is 6.33. The van der Waals surface area contributed by atoms with Crippen LogP contribution in [0.25, 0.3) is 0 Å². The van der Waals surface area contributed by atoms with E-state index in [9.17, 15) is 4.79 Å². The summed E-state index contributed by atoms with van der Waals surface area (Å²) in [6.07, 6.45) is 2.03. The molecule has 2 rings (SSSR count). The summed E-state index contributed by atoms with van der Waals surface area (Å²) >= 11 is 5.89. The Morgan fingerprint density at radius 2 is 1.91 bits per heavy atom. The van der Waals surface area contributed by atoms with Gasteiger partial charge in [-0.25, -0.2) is 4.98 Å². The number of halogens is 1. The van der Waals surface area contributed by atoms with Gasteiger partial charge in [0.1, 0.15) is 0 Å². The number of benzene rings is 1. The molecule has 0 unspecified atom stereocenters. The summed E-state index contributed by atoms with van der Waals surface area (Å²) in [5.41, 5.74) is 2.88. The van der Waals surface area contributed by atoms with Gasteiger partial charge in [-0.2, -0.15) is 0 Å². The lowest BCUT2D eigenvalue weighted by Crippen LogP contribution is -2.37. The molecule has 1 amide bonds. The molecule has 1 heterocycles. The minimum absolute atomic E-state index is 0.0940. The number of likely N-dealkylation sites (N-methyl/N-ethyl adjacent to an activating group) is 1. The van der Waals surface area contributed by atoms with Crippen LogP contribution >= 0.6 is 11.6 Å². The van der Waals surface area contributed by atoms with Gasteiger partial charge in [0, 0.05) is 23.8 Å². The molecule has 0 radical (unpaired) electrons. The fourth-order valence-electron chi connectivity index (χ4n) is 2.23. The number of amides is 1. The van der Waals surface area contributed by atoms with Crippen LogP contribution in [0, 0.1) is 6.92 Å². The van der Waals surface area contributed by atoms with E-state index in [4.69, 9.17) is 11.6 Å². The molecule has 0 saturated heterocycles. The molecule has 0 fully saturated rings. The Morgan fingerprint density at radius 3 is 2.48 bits per heavy atom. The van der Waals surface area contributed by atoms with Crippen LogP contribution in [-0.4, -0.2) is 52.9 Å². The lowest BCUT2D eigenvalue weighted by Gasteiger charge is -2.24. The quantitative estimate of drug-likeness (QED) is 0.846. The zero-order valence-corrected chi connectivity index (χ0v) is 14.6. The monoisotopic (exact) mass is 334 g/mol. The summed E-state index contributed by atoms with van der Waals surface area (Å²) in [4.78, 5) is 24.0. The van der Waals surface area contributed by atoms with Gasteiger partial charge in [-0.3, -0.25) is 4.79 Å². The molecule has 23 heavy (non-hydrogen) atoms. The molecule has 0 aliphatic carbocycles. The van der Waals surface area contributed by atoms with Crippen LogP contribution < -0.4 is 0 Å². The van der Waals surface area contributed by atoms with Gasteiger partial charge in [0.2, 0.25) is 5.91 Å². The average molecular weight is 335 g/mol. The highest BCUT2D eigenvalue weighted by molar-refractivity contribution is 6.30. The third-order valence-electron chi connectivity index (χ3n) is 3.71. The number of rotatable bonds is 7. The summed E-state index contributed by atoms with van der Waals surface area (Å²) in [5.74, 6) is 0.0940. The summed E-state index contributed by atoms with van der Waals surface area (Å²) in [5, 5.41) is 0.679. The van der Waals surface area contributed by atoms with Gasteiger partial charge in [0.15, 0.2) is 0 Å². The predicted octanol–water partition coefficient (Wildman–Crippen LogP) is 2.50. The number of hydrogen-bond acceptors (Lipinski definition) is 3. The maximum absolute atomic E-state index is 12.7. The van der Waals surface area contributed by atoms with E-state index in [-0.39, 0.29) is 5.91 Å². The van der Waals surface area contributed by atoms with Crippen LogP contribution in [-0.2, 0) is 17.8 Å². The van der Waals surface area contributed by atoms with Crippen LogP contribution in [0.4, 0.5) is 0 Å². The molecule has 5 nitrogen and oxygen atoms in total. The number of aromatic amines is 1. The van der Waals surface area contributed by atoms with Gasteiger partial charge in [-0.05, 0) is 38.7 Å². The highest BCUT2D eigenvalue weighted by Gasteiger charge is 2.17. The second-order valence-electron chi connectivity index (χ2n) is 5.90. The smallest absolute Gasteiger partial charge is 0.227 e. The van der Waals surface area contributed by atoms with Crippen molar-refractivity contribution in [3.63, 3.8) is 0 Å². The maximum Gasteiger partial charge on any atom is 0.227 e. The topological polar surface area (TPSA) is 52.2 Å². The molecule has 0 aliphatic rings. The van der Waals surface area contributed by atoms with Gasteiger partial charge in [-0.15, -0.1) is 0 Å². The molecule has 0 spiro atoms. The van der Waals surface area contributed by atoms with Gasteiger partial charge >= 0.3 is 0 Å². The molecule has 0 aliphatic heterocycles. The Labute approximate surface area is 142 Å². The maximum atomic E-state index is 12.7. The second kappa shape index (κ2) is 8.13. The van der Waals surface area contributed by atoms with Crippen molar-refractivity contribution in [3.05, 3.63) is 52.6 Å². The number of nitrogens with zero attached hydrogens (tertiary/aromatic N) is 3. The lowest BCUT2D eigenvalue weighted by molar-refractivity contribution is -0.131. The molecule has 1 aromatic heterocycles. The van der Waals surface area contributed by atoms with Crippen molar-refractivity contribution in [3.8, 4) is 0 Å². The van der Waals surface area contributed by atoms with E-state index in [1.807, 2.05) is 50.2 Å². The highest BCUT2D eigenvalue weighted by Crippen LogP contribution is 2.12. The van der Waals surface area contributed by atoms with Gasteiger partial charge < -0.3 is 14.8 Å². The zero-order valence-electron chi connectivity index (χ0n) is 13.8. The molecule has 0 atom stereocenters. The number of carbonyl (C=O) groups is 1. The Morgan fingerprint density at radius 1 is 1.22 bits per heavy atom. The first-order chi connectivity index (χ1) is 11.0. The highest BCUT2D eigenvalue weighted by atomic mass is 35.5. The summed E-state index contributed by atoms with van der Waals surface area (Å²) in [6, 6.07) is 7.41. The Balaban J connectivity index is 2.06. The number of carbonyl (C=O) groups excluding carboxylic acids is 1. The Bertz CT molecular complexity index is 636. The third-order valence-corrected chi connectivity index (χ3v) is 3.97. The number of nitrogens with one attached hydrogen (secondary N) is 1. The van der Waals surface area contributed by atoms with E-state index < -0.39 is 0 Å². The van der Waals surface area contributed by atoms with E-state index in [2.05, 4.69) is 14.9 Å². The molecular formula is C17H23ClN4O. The molecule has 1 aromatic carbocycles. The van der Waals surface area contributed by atoms with Crippen LogP contribution in [0.2, 0.25) is 5.02 Å². The fourth-order valence-corrected chi connectivity index (χ4v) is 2.35. The number of hydrogen-bond donors (Lipinski definition) is 1. The average Bonchev–Trinajstić information content (AvgIpc) is 2.90. The number of H-pyrrole nitrogens is 1. The van der Waals surface area contributed by atoms with E-state index in [0.717, 1.165) is 23.5 Å². The van der Waals surface area contributed by atoms with Crippen LogP contribution in [0.5, 0.6) is 0 Å². The lowest BCUT2D eigenvalue weighted by atomic mass is 10.1. The van der Waals surface area contributed by atoms with Crippen molar-refractivity contribution in [2.24, 2.45) is 0 Å². The summed E-state index contributed by atoms with van der Waals surface area (Å²) in [7, 11) is 4.00. The molecule has 0 saturated carbocycles.